The van der Waals surface area contributed by atoms with Crippen molar-refractivity contribution < 1.29 is 19.1 Å². The van der Waals surface area contributed by atoms with Gasteiger partial charge < -0.3 is 10.1 Å². The lowest BCUT2D eigenvalue weighted by molar-refractivity contribution is -0.149. The first kappa shape index (κ1) is 20.0. The second kappa shape index (κ2) is 10.0. The third kappa shape index (κ3) is 6.55. The van der Waals surface area contributed by atoms with Gasteiger partial charge in [0, 0.05) is 17.0 Å². The Morgan fingerprint density at radius 2 is 1.85 bits per heavy atom. The van der Waals surface area contributed by atoms with Crippen molar-refractivity contribution in [3.63, 3.8) is 0 Å². The number of carbonyl (C=O) groups is 3. The van der Waals surface area contributed by atoms with Gasteiger partial charge in [0.15, 0.2) is 6.10 Å². The number of amides is 3. The van der Waals surface area contributed by atoms with Crippen molar-refractivity contribution in [1.29, 1.82) is 0 Å². The molecule has 1 aromatic rings. The SMILES string of the molecule is CSc1ccc(/C=C/C(=O)O[C@@H](C)C(=O)NC(=O)NC2CCCC2)cc1. The number of nitrogens with one attached hydrogen (secondary N) is 2. The summed E-state index contributed by atoms with van der Waals surface area (Å²) < 4.78 is 5.03. The van der Waals surface area contributed by atoms with Crippen LogP contribution in [0.5, 0.6) is 0 Å². The maximum absolute atomic E-state index is 11.9. The molecule has 140 valence electrons. The molecule has 1 aliphatic rings. The summed E-state index contributed by atoms with van der Waals surface area (Å²) in [6.07, 6.45) is 7.82. The summed E-state index contributed by atoms with van der Waals surface area (Å²) in [5, 5.41) is 4.95. The fourth-order valence-electron chi connectivity index (χ4n) is 2.65. The number of imide groups is 1. The molecule has 0 aliphatic heterocycles. The molecule has 0 aromatic heterocycles. The number of hydrogen-bond donors (Lipinski definition) is 2. The molecule has 2 N–H and O–H groups in total. The van der Waals surface area contributed by atoms with E-state index in [1.165, 1.54) is 13.0 Å². The Morgan fingerprint density at radius 1 is 1.19 bits per heavy atom. The number of urea groups is 1. The zero-order valence-corrected chi connectivity index (χ0v) is 15.8. The van der Waals surface area contributed by atoms with Crippen LogP contribution in [0.3, 0.4) is 0 Å². The highest BCUT2D eigenvalue weighted by molar-refractivity contribution is 7.98. The highest BCUT2D eigenvalue weighted by atomic mass is 32.2. The molecule has 7 heteroatoms. The number of rotatable bonds is 6. The van der Waals surface area contributed by atoms with E-state index in [2.05, 4.69) is 10.6 Å². The van der Waals surface area contributed by atoms with Crippen molar-refractivity contribution >= 4 is 35.7 Å². The molecule has 0 spiro atoms. The standard InChI is InChI=1S/C19H24N2O4S/c1-13(18(23)21-19(24)20-15-5-3-4-6-15)25-17(22)12-9-14-7-10-16(26-2)11-8-14/h7-13,15H,3-6H2,1-2H3,(H2,20,21,23,24)/b12-9+/t13-/m0/s1. The summed E-state index contributed by atoms with van der Waals surface area (Å²) >= 11 is 1.64. The van der Waals surface area contributed by atoms with Crippen molar-refractivity contribution in [3.8, 4) is 0 Å². The van der Waals surface area contributed by atoms with Crippen molar-refractivity contribution in [1.82, 2.24) is 10.6 Å². The van der Waals surface area contributed by atoms with Crippen LogP contribution in [0.15, 0.2) is 35.2 Å². The molecule has 0 radical (unpaired) electrons. The summed E-state index contributed by atoms with van der Waals surface area (Å²) in [7, 11) is 0. The lowest BCUT2D eigenvalue weighted by Gasteiger charge is -2.15. The monoisotopic (exact) mass is 376 g/mol. The lowest BCUT2D eigenvalue weighted by atomic mass is 10.2. The first-order valence-electron chi connectivity index (χ1n) is 8.62. The molecule has 0 saturated heterocycles. The molecular formula is C19H24N2O4S. The fourth-order valence-corrected chi connectivity index (χ4v) is 3.06. The highest BCUT2D eigenvalue weighted by Gasteiger charge is 2.22. The van der Waals surface area contributed by atoms with E-state index in [0.717, 1.165) is 36.1 Å². The minimum Gasteiger partial charge on any atom is -0.449 e. The van der Waals surface area contributed by atoms with Gasteiger partial charge in [-0.25, -0.2) is 9.59 Å². The molecule has 1 aliphatic carbocycles. The van der Waals surface area contributed by atoms with Crippen LogP contribution < -0.4 is 10.6 Å². The summed E-state index contributed by atoms with van der Waals surface area (Å²) in [6.45, 7) is 1.43. The van der Waals surface area contributed by atoms with Crippen LogP contribution in [0.2, 0.25) is 0 Å². The van der Waals surface area contributed by atoms with Gasteiger partial charge in [0.2, 0.25) is 0 Å². The minimum absolute atomic E-state index is 0.112. The zero-order chi connectivity index (χ0) is 18.9. The number of hydrogen-bond acceptors (Lipinski definition) is 5. The van der Waals surface area contributed by atoms with Crippen LogP contribution in [-0.4, -0.2) is 36.3 Å². The van der Waals surface area contributed by atoms with Crippen LogP contribution >= 0.6 is 11.8 Å². The van der Waals surface area contributed by atoms with Gasteiger partial charge in [0.25, 0.3) is 5.91 Å². The Labute approximate surface area is 157 Å². The van der Waals surface area contributed by atoms with E-state index < -0.39 is 24.0 Å². The van der Waals surface area contributed by atoms with Gasteiger partial charge in [-0.15, -0.1) is 11.8 Å². The maximum Gasteiger partial charge on any atom is 0.331 e. The van der Waals surface area contributed by atoms with Crippen molar-refractivity contribution in [3.05, 3.63) is 35.9 Å². The Hall–Kier alpha value is -2.28. The molecule has 26 heavy (non-hydrogen) atoms. The van der Waals surface area contributed by atoms with Crippen LogP contribution in [0.25, 0.3) is 6.08 Å². The van der Waals surface area contributed by atoms with Crippen LogP contribution in [-0.2, 0) is 14.3 Å². The van der Waals surface area contributed by atoms with Gasteiger partial charge in [-0.1, -0.05) is 25.0 Å². The molecule has 2 rings (SSSR count). The van der Waals surface area contributed by atoms with Crippen LogP contribution in [0.1, 0.15) is 38.2 Å². The number of benzene rings is 1. The molecule has 1 aromatic carbocycles. The molecule has 3 amide bonds. The Morgan fingerprint density at radius 3 is 2.46 bits per heavy atom. The first-order chi connectivity index (χ1) is 12.5. The predicted octanol–water partition coefficient (Wildman–Crippen LogP) is 3.12. The normalized spacial score (nSPS) is 15.6. The van der Waals surface area contributed by atoms with E-state index in [1.807, 2.05) is 30.5 Å². The van der Waals surface area contributed by atoms with Gasteiger partial charge in [-0.05, 0) is 49.8 Å². The largest absolute Gasteiger partial charge is 0.449 e. The summed E-state index contributed by atoms with van der Waals surface area (Å²) in [5.41, 5.74) is 0.854. The highest BCUT2D eigenvalue weighted by Crippen LogP contribution is 2.17. The van der Waals surface area contributed by atoms with Gasteiger partial charge in [-0.2, -0.15) is 0 Å². The van der Waals surface area contributed by atoms with Gasteiger partial charge in [0.1, 0.15) is 0 Å². The van der Waals surface area contributed by atoms with E-state index in [-0.39, 0.29) is 6.04 Å². The number of thioether (sulfide) groups is 1. The first-order valence-corrected chi connectivity index (χ1v) is 9.84. The molecule has 1 fully saturated rings. The number of carbonyl (C=O) groups excluding carboxylic acids is 3. The molecule has 1 saturated carbocycles. The summed E-state index contributed by atoms with van der Waals surface area (Å²) in [6, 6.07) is 7.25. The number of ether oxygens (including phenoxy) is 1. The van der Waals surface area contributed by atoms with Gasteiger partial charge in [0.05, 0.1) is 0 Å². The van der Waals surface area contributed by atoms with E-state index >= 15 is 0 Å². The lowest BCUT2D eigenvalue weighted by Crippen LogP contribution is -2.47. The quantitative estimate of drug-likeness (QED) is 0.453. The van der Waals surface area contributed by atoms with E-state index in [1.54, 1.807) is 17.8 Å². The molecule has 1 atom stereocenters. The Balaban J connectivity index is 1.76. The average molecular weight is 376 g/mol. The average Bonchev–Trinajstić information content (AvgIpc) is 3.13. The molecule has 0 unspecified atom stereocenters. The van der Waals surface area contributed by atoms with E-state index in [0.29, 0.717) is 0 Å². The van der Waals surface area contributed by atoms with Crippen LogP contribution in [0.4, 0.5) is 4.79 Å². The second-order valence-corrected chi connectivity index (χ2v) is 7.01. The van der Waals surface area contributed by atoms with E-state index in [4.69, 9.17) is 4.74 Å². The Kier molecular flexibility index (Phi) is 7.72. The van der Waals surface area contributed by atoms with Gasteiger partial charge >= 0.3 is 12.0 Å². The van der Waals surface area contributed by atoms with Crippen molar-refractivity contribution in [2.24, 2.45) is 0 Å². The fraction of sp³-hybridized carbons (Fsp3) is 0.421. The Bertz CT molecular complexity index is 667. The predicted molar refractivity (Wildman–Crippen MR) is 102 cm³/mol. The number of esters is 1. The molecule has 0 bridgehead atoms. The van der Waals surface area contributed by atoms with Crippen molar-refractivity contribution in [2.75, 3.05) is 6.26 Å². The van der Waals surface area contributed by atoms with E-state index in [9.17, 15) is 14.4 Å². The smallest absolute Gasteiger partial charge is 0.331 e. The topological polar surface area (TPSA) is 84.5 Å². The summed E-state index contributed by atoms with van der Waals surface area (Å²) in [5.74, 6) is -1.29. The third-order valence-electron chi connectivity index (χ3n) is 4.12. The molecular weight excluding hydrogens is 352 g/mol. The van der Waals surface area contributed by atoms with Gasteiger partial charge in [-0.3, -0.25) is 10.1 Å². The minimum atomic E-state index is -1.06. The molecule has 6 nitrogen and oxygen atoms in total. The second-order valence-electron chi connectivity index (χ2n) is 6.13. The molecule has 0 heterocycles. The zero-order valence-electron chi connectivity index (χ0n) is 15.0. The third-order valence-corrected chi connectivity index (χ3v) is 4.86. The van der Waals surface area contributed by atoms with Crippen LogP contribution in [0, 0.1) is 0 Å². The van der Waals surface area contributed by atoms with Crippen molar-refractivity contribution in [2.45, 2.75) is 49.6 Å². The maximum atomic E-state index is 11.9. The summed E-state index contributed by atoms with van der Waals surface area (Å²) in [4.78, 5) is 36.7.